The Labute approximate surface area is 302 Å². The van der Waals surface area contributed by atoms with Crippen molar-refractivity contribution in [3.63, 3.8) is 0 Å². The molecule has 10 nitrogen and oxygen atoms in total. The number of aromatic nitrogens is 1. The number of pyridine rings is 1. The van der Waals surface area contributed by atoms with Gasteiger partial charge in [-0.2, -0.15) is 26.3 Å². The number of piperazine rings is 1. The van der Waals surface area contributed by atoms with Crippen molar-refractivity contribution in [2.75, 3.05) is 37.6 Å². The van der Waals surface area contributed by atoms with Crippen LogP contribution in [0.2, 0.25) is 0 Å². The average molecular weight is 748 g/mol. The van der Waals surface area contributed by atoms with Crippen molar-refractivity contribution in [1.82, 2.24) is 20.1 Å². The van der Waals surface area contributed by atoms with Crippen LogP contribution in [0.25, 0.3) is 6.08 Å². The predicted molar refractivity (Wildman–Crippen MR) is 183 cm³/mol. The van der Waals surface area contributed by atoms with Gasteiger partial charge in [0.15, 0.2) is 5.54 Å². The highest BCUT2D eigenvalue weighted by Gasteiger charge is 2.73. The van der Waals surface area contributed by atoms with E-state index in [1.807, 2.05) is 13.8 Å². The van der Waals surface area contributed by atoms with Gasteiger partial charge in [-0.05, 0) is 63.1 Å². The number of halogens is 6. The molecule has 16 heteroatoms. The lowest BCUT2D eigenvalue weighted by molar-refractivity contribution is -0.392. The van der Waals surface area contributed by atoms with Crippen LogP contribution in [0.5, 0.6) is 5.75 Å². The van der Waals surface area contributed by atoms with Gasteiger partial charge in [-0.1, -0.05) is 48.6 Å². The number of hydrogen-bond acceptors (Lipinski definition) is 7. The third kappa shape index (κ3) is 7.82. The SMILES string of the molecule is CC=Cc1cc(C(OCc2ccccc2)(C(F)(F)F)C(F)(F)F)ccc1N1CCN(C(=O)CN2C(=O)NC(C)(c3ccc(OC(C)C)cn3)C2=O)CC1. The Morgan fingerprint density at radius 2 is 1.62 bits per heavy atom. The van der Waals surface area contributed by atoms with E-state index in [1.165, 1.54) is 60.5 Å². The standard InChI is InChI=1S/C37H39F6N5O5/c1-5-9-26-20-27(35(36(38,39)40,37(41,42)43)52-23-25-10-7-6-8-11-25)12-14-29(26)46-16-18-47(19-17-46)31(49)22-48-32(50)34(4,45-33(48)51)30-15-13-28(21-44-30)53-24(2)3/h5-15,20-21,24H,16-19,22-23H2,1-4H3,(H,45,51). The number of anilines is 1. The molecule has 3 heterocycles. The van der Waals surface area contributed by atoms with E-state index in [0.717, 1.165) is 17.0 Å². The lowest BCUT2D eigenvalue weighted by Crippen LogP contribution is -2.56. The van der Waals surface area contributed by atoms with Gasteiger partial charge in [0.25, 0.3) is 11.5 Å². The lowest BCUT2D eigenvalue weighted by atomic mass is 9.89. The molecule has 1 unspecified atom stereocenters. The molecule has 2 aliphatic rings. The number of rotatable bonds is 11. The molecule has 4 amide bonds. The Kier molecular flexibility index (Phi) is 11.1. The molecule has 1 aromatic heterocycles. The summed E-state index contributed by atoms with van der Waals surface area (Å²) in [6.07, 6.45) is -7.50. The van der Waals surface area contributed by atoms with E-state index in [-0.39, 0.29) is 49.1 Å². The van der Waals surface area contributed by atoms with Crippen LogP contribution < -0.4 is 15.0 Å². The van der Waals surface area contributed by atoms with Crippen LogP contribution in [0.3, 0.4) is 0 Å². The molecule has 2 saturated heterocycles. The van der Waals surface area contributed by atoms with Gasteiger partial charge in [0.05, 0.1) is 24.6 Å². The van der Waals surface area contributed by atoms with Gasteiger partial charge in [-0.25, -0.2) is 4.79 Å². The van der Waals surface area contributed by atoms with Crippen LogP contribution in [0.1, 0.15) is 50.1 Å². The van der Waals surface area contributed by atoms with Gasteiger partial charge < -0.3 is 24.6 Å². The molecule has 2 aliphatic heterocycles. The first-order valence-electron chi connectivity index (χ1n) is 16.8. The number of urea groups is 1. The van der Waals surface area contributed by atoms with Gasteiger partial charge in [0.1, 0.15) is 12.3 Å². The third-order valence-corrected chi connectivity index (χ3v) is 9.04. The third-order valence-electron chi connectivity index (χ3n) is 9.04. The van der Waals surface area contributed by atoms with E-state index >= 15 is 0 Å². The van der Waals surface area contributed by atoms with Crippen LogP contribution in [-0.4, -0.2) is 83.8 Å². The molecular formula is C37H39F6N5O5. The fourth-order valence-corrected chi connectivity index (χ4v) is 6.34. The maximum absolute atomic E-state index is 14.6. The zero-order valence-corrected chi connectivity index (χ0v) is 29.4. The first-order chi connectivity index (χ1) is 24.9. The van der Waals surface area contributed by atoms with Gasteiger partial charge in [-0.3, -0.25) is 19.5 Å². The number of nitrogens with one attached hydrogen (secondary N) is 1. The number of alkyl halides is 6. The second-order valence-electron chi connectivity index (χ2n) is 13.1. The average Bonchev–Trinajstić information content (AvgIpc) is 3.31. The van der Waals surface area contributed by atoms with Crippen molar-refractivity contribution in [2.45, 2.75) is 63.9 Å². The van der Waals surface area contributed by atoms with Crippen molar-refractivity contribution in [3.05, 3.63) is 95.3 Å². The molecule has 3 aromatic rings. The Balaban J connectivity index is 1.30. The highest BCUT2D eigenvalue weighted by Crippen LogP contribution is 2.54. The van der Waals surface area contributed by atoms with E-state index < -0.39 is 60.1 Å². The van der Waals surface area contributed by atoms with Crippen LogP contribution in [0.4, 0.5) is 36.8 Å². The topological polar surface area (TPSA) is 104 Å². The zero-order valence-electron chi connectivity index (χ0n) is 29.4. The molecule has 0 aliphatic carbocycles. The summed E-state index contributed by atoms with van der Waals surface area (Å²) in [5.41, 5.74) is -6.45. The summed E-state index contributed by atoms with van der Waals surface area (Å²) in [4.78, 5) is 47.9. The summed E-state index contributed by atoms with van der Waals surface area (Å²) in [5, 5.41) is 2.61. The molecule has 53 heavy (non-hydrogen) atoms. The van der Waals surface area contributed by atoms with E-state index in [1.54, 1.807) is 30.0 Å². The van der Waals surface area contributed by atoms with Crippen molar-refractivity contribution in [2.24, 2.45) is 0 Å². The summed E-state index contributed by atoms with van der Waals surface area (Å²) in [6.45, 7) is 5.79. The molecule has 284 valence electrons. The maximum atomic E-state index is 14.6. The van der Waals surface area contributed by atoms with E-state index in [4.69, 9.17) is 9.47 Å². The number of nitrogens with zero attached hydrogens (tertiary/aromatic N) is 4. The summed E-state index contributed by atoms with van der Waals surface area (Å²) >= 11 is 0. The van der Waals surface area contributed by atoms with Crippen LogP contribution in [0, 0.1) is 0 Å². The number of allylic oxidation sites excluding steroid dienone is 1. The molecule has 2 fully saturated rings. The number of carbonyl (C=O) groups excluding carboxylic acids is 3. The monoisotopic (exact) mass is 747 g/mol. The number of benzene rings is 2. The molecule has 2 aromatic carbocycles. The number of hydrogen-bond donors (Lipinski definition) is 1. The molecule has 0 bridgehead atoms. The minimum absolute atomic E-state index is 0.0852. The summed E-state index contributed by atoms with van der Waals surface area (Å²) in [7, 11) is 0. The van der Waals surface area contributed by atoms with Crippen molar-refractivity contribution >= 4 is 29.6 Å². The van der Waals surface area contributed by atoms with Crippen LogP contribution in [0.15, 0.2) is 72.9 Å². The second-order valence-corrected chi connectivity index (χ2v) is 13.1. The maximum Gasteiger partial charge on any atom is 0.430 e. The van der Waals surface area contributed by atoms with Crippen molar-refractivity contribution < 1.29 is 50.2 Å². The van der Waals surface area contributed by atoms with E-state index in [0.29, 0.717) is 11.4 Å². The molecule has 0 saturated carbocycles. The van der Waals surface area contributed by atoms with Crippen LogP contribution >= 0.6 is 0 Å². The number of imide groups is 1. The Morgan fingerprint density at radius 3 is 2.19 bits per heavy atom. The predicted octanol–water partition coefficient (Wildman–Crippen LogP) is 6.55. The highest BCUT2D eigenvalue weighted by atomic mass is 19.4. The quantitative estimate of drug-likeness (QED) is 0.175. The Morgan fingerprint density at radius 1 is 0.962 bits per heavy atom. The Bertz CT molecular complexity index is 1810. The minimum Gasteiger partial charge on any atom is -0.489 e. The van der Waals surface area contributed by atoms with Gasteiger partial charge in [0.2, 0.25) is 5.91 Å². The molecule has 0 spiro atoms. The summed E-state index contributed by atoms with van der Waals surface area (Å²) < 4.78 is 97.8. The number of carbonyl (C=O) groups is 3. The molecule has 0 radical (unpaired) electrons. The van der Waals surface area contributed by atoms with Crippen molar-refractivity contribution in [1.29, 1.82) is 0 Å². The molecule has 1 atom stereocenters. The molecule has 1 N–H and O–H groups in total. The number of ether oxygens (including phenoxy) is 2. The van der Waals surface area contributed by atoms with Crippen molar-refractivity contribution in [3.8, 4) is 5.75 Å². The lowest BCUT2D eigenvalue weighted by Gasteiger charge is -2.39. The first-order valence-corrected chi connectivity index (χ1v) is 16.8. The minimum atomic E-state index is -5.87. The fourth-order valence-electron chi connectivity index (χ4n) is 6.34. The van der Waals surface area contributed by atoms with Gasteiger partial charge >= 0.3 is 18.4 Å². The first kappa shape index (κ1) is 39.1. The van der Waals surface area contributed by atoms with E-state index in [9.17, 15) is 40.7 Å². The van der Waals surface area contributed by atoms with Crippen LogP contribution in [-0.2, 0) is 32.1 Å². The normalized spacial score (nSPS) is 18.7. The molecule has 5 rings (SSSR count). The molecular weight excluding hydrogens is 708 g/mol. The second kappa shape index (κ2) is 15.1. The van der Waals surface area contributed by atoms with Gasteiger partial charge in [0, 0.05) is 37.4 Å². The zero-order chi connectivity index (χ0) is 38.8. The Hall–Kier alpha value is -5.12. The van der Waals surface area contributed by atoms with Gasteiger partial charge in [-0.15, -0.1) is 0 Å². The smallest absolute Gasteiger partial charge is 0.430 e. The summed E-state index contributed by atoms with van der Waals surface area (Å²) in [5.74, 6) is -0.712. The largest absolute Gasteiger partial charge is 0.489 e. The number of amides is 4. The highest BCUT2D eigenvalue weighted by molar-refractivity contribution is 6.09. The summed E-state index contributed by atoms with van der Waals surface area (Å²) in [6, 6.07) is 12.5. The van der Waals surface area contributed by atoms with E-state index in [2.05, 4.69) is 10.3 Å². The fraction of sp³-hybridized carbons (Fsp3) is 0.405.